The van der Waals surface area contributed by atoms with Crippen LogP contribution in [0.4, 0.5) is 0 Å². The Bertz CT molecular complexity index is 682. The molecular formula is C25H35N. The van der Waals surface area contributed by atoms with Gasteiger partial charge in [-0.25, -0.2) is 0 Å². The van der Waals surface area contributed by atoms with Crippen molar-refractivity contribution in [1.82, 2.24) is 4.90 Å². The zero-order valence-electron chi connectivity index (χ0n) is 16.8. The first-order valence-electron chi connectivity index (χ1n) is 10.7. The lowest BCUT2D eigenvalue weighted by Crippen LogP contribution is -2.29. The van der Waals surface area contributed by atoms with Crippen LogP contribution in [-0.2, 0) is 32.2 Å². The number of nitrogens with zero attached hydrogens (tertiary/aromatic N) is 1. The molecule has 0 amide bonds. The van der Waals surface area contributed by atoms with Gasteiger partial charge in [-0.2, -0.15) is 0 Å². The Morgan fingerprint density at radius 1 is 0.731 bits per heavy atom. The highest BCUT2D eigenvalue weighted by Gasteiger charge is 2.10. The van der Waals surface area contributed by atoms with Crippen molar-refractivity contribution in [1.29, 1.82) is 0 Å². The lowest BCUT2D eigenvalue weighted by atomic mass is 9.96. The predicted molar refractivity (Wildman–Crippen MR) is 113 cm³/mol. The molecule has 0 saturated carbocycles. The van der Waals surface area contributed by atoms with Gasteiger partial charge in [-0.05, 0) is 85.9 Å². The summed E-state index contributed by atoms with van der Waals surface area (Å²) in [6.45, 7) is 8.21. The second kappa shape index (κ2) is 9.92. The van der Waals surface area contributed by atoms with Crippen LogP contribution in [0.15, 0.2) is 42.5 Å². The molecule has 1 heterocycles. The van der Waals surface area contributed by atoms with E-state index in [9.17, 15) is 0 Å². The molecule has 0 aliphatic carbocycles. The second-order valence-corrected chi connectivity index (χ2v) is 7.82. The SMILES string of the molecule is CCc1ccc(CCCc2cccc(CN3CCCCC3)c2)cc1CC. The van der Waals surface area contributed by atoms with Gasteiger partial charge >= 0.3 is 0 Å². The number of rotatable bonds is 8. The van der Waals surface area contributed by atoms with Crippen molar-refractivity contribution in [2.45, 2.75) is 71.8 Å². The van der Waals surface area contributed by atoms with E-state index in [0.29, 0.717) is 0 Å². The Balaban J connectivity index is 1.52. The first kappa shape index (κ1) is 19.2. The van der Waals surface area contributed by atoms with Crippen molar-refractivity contribution in [3.8, 4) is 0 Å². The van der Waals surface area contributed by atoms with Crippen LogP contribution in [0.3, 0.4) is 0 Å². The minimum Gasteiger partial charge on any atom is -0.299 e. The lowest BCUT2D eigenvalue weighted by Gasteiger charge is -2.26. The van der Waals surface area contributed by atoms with E-state index in [-0.39, 0.29) is 0 Å². The number of piperidine rings is 1. The summed E-state index contributed by atoms with van der Waals surface area (Å²) in [5.41, 5.74) is 7.55. The summed E-state index contributed by atoms with van der Waals surface area (Å²) in [4.78, 5) is 2.62. The molecule has 0 aromatic heterocycles. The van der Waals surface area contributed by atoms with E-state index in [4.69, 9.17) is 0 Å². The highest BCUT2D eigenvalue weighted by Crippen LogP contribution is 2.18. The minimum atomic E-state index is 1.13. The summed E-state index contributed by atoms with van der Waals surface area (Å²) >= 11 is 0. The Morgan fingerprint density at radius 2 is 1.42 bits per heavy atom. The maximum Gasteiger partial charge on any atom is 0.0233 e. The molecule has 0 bridgehead atoms. The van der Waals surface area contributed by atoms with E-state index in [1.54, 1.807) is 0 Å². The van der Waals surface area contributed by atoms with Crippen molar-refractivity contribution >= 4 is 0 Å². The van der Waals surface area contributed by atoms with Crippen molar-refractivity contribution in [2.75, 3.05) is 13.1 Å². The van der Waals surface area contributed by atoms with Crippen molar-refractivity contribution in [3.05, 3.63) is 70.3 Å². The number of likely N-dealkylation sites (tertiary alicyclic amines) is 1. The Kier molecular flexibility index (Phi) is 7.32. The molecule has 2 aromatic carbocycles. The van der Waals surface area contributed by atoms with Crippen LogP contribution >= 0.6 is 0 Å². The largest absolute Gasteiger partial charge is 0.299 e. The molecule has 26 heavy (non-hydrogen) atoms. The highest BCUT2D eigenvalue weighted by molar-refractivity contribution is 5.32. The van der Waals surface area contributed by atoms with Gasteiger partial charge in [0.05, 0.1) is 0 Å². The third-order valence-electron chi connectivity index (χ3n) is 5.81. The average molecular weight is 350 g/mol. The molecule has 0 radical (unpaired) electrons. The molecule has 1 saturated heterocycles. The minimum absolute atomic E-state index is 1.13. The molecule has 0 atom stereocenters. The molecule has 140 valence electrons. The van der Waals surface area contributed by atoms with E-state index in [1.807, 2.05) is 0 Å². The quantitative estimate of drug-likeness (QED) is 0.567. The van der Waals surface area contributed by atoms with Crippen molar-refractivity contribution < 1.29 is 0 Å². The summed E-state index contributed by atoms with van der Waals surface area (Å²) in [6.07, 6.45) is 10.1. The fourth-order valence-corrected chi connectivity index (χ4v) is 4.26. The van der Waals surface area contributed by atoms with Gasteiger partial charge in [-0.15, -0.1) is 0 Å². The van der Waals surface area contributed by atoms with Crippen LogP contribution in [0, 0.1) is 0 Å². The normalized spacial score (nSPS) is 15.3. The summed E-state index contributed by atoms with van der Waals surface area (Å²) in [7, 11) is 0. The Hall–Kier alpha value is -1.60. The molecule has 1 fully saturated rings. The number of aryl methyl sites for hydroxylation is 4. The van der Waals surface area contributed by atoms with Crippen LogP contribution in [0.2, 0.25) is 0 Å². The topological polar surface area (TPSA) is 3.24 Å². The molecule has 0 N–H and O–H groups in total. The third kappa shape index (κ3) is 5.45. The van der Waals surface area contributed by atoms with Gasteiger partial charge in [-0.1, -0.05) is 62.7 Å². The summed E-state index contributed by atoms with van der Waals surface area (Å²) < 4.78 is 0. The lowest BCUT2D eigenvalue weighted by molar-refractivity contribution is 0.221. The van der Waals surface area contributed by atoms with E-state index >= 15 is 0 Å². The van der Waals surface area contributed by atoms with E-state index in [1.165, 1.54) is 79.4 Å². The molecule has 1 nitrogen and oxygen atoms in total. The summed E-state index contributed by atoms with van der Waals surface area (Å²) in [5, 5.41) is 0. The maximum absolute atomic E-state index is 2.62. The van der Waals surface area contributed by atoms with Gasteiger partial charge < -0.3 is 0 Å². The first-order chi connectivity index (χ1) is 12.8. The van der Waals surface area contributed by atoms with Crippen LogP contribution < -0.4 is 0 Å². The number of hydrogen-bond acceptors (Lipinski definition) is 1. The van der Waals surface area contributed by atoms with Gasteiger partial charge in [0.25, 0.3) is 0 Å². The average Bonchev–Trinajstić information content (AvgIpc) is 2.69. The zero-order chi connectivity index (χ0) is 18.2. The maximum atomic E-state index is 2.62. The smallest absolute Gasteiger partial charge is 0.0233 e. The molecule has 0 spiro atoms. The second-order valence-electron chi connectivity index (χ2n) is 7.82. The molecule has 1 aliphatic heterocycles. The predicted octanol–water partition coefficient (Wildman–Crippen LogP) is 5.97. The fourth-order valence-electron chi connectivity index (χ4n) is 4.26. The number of hydrogen-bond donors (Lipinski definition) is 0. The number of benzene rings is 2. The van der Waals surface area contributed by atoms with Crippen LogP contribution in [0.25, 0.3) is 0 Å². The zero-order valence-corrected chi connectivity index (χ0v) is 16.8. The van der Waals surface area contributed by atoms with Gasteiger partial charge in [0.15, 0.2) is 0 Å². The highest BCUT2D eigenvalue weighted by atomic mass is 15.1. The molecule has 1 heteroatoms. The molecule has 1 aliphatic rings. The van der Waals surface area contributed by atoms with Gasteiger partial charge in [0, 0.05) is 6.54 Å². The fraction of sp³-hybridized carbons (Fsp3) is 0.520. The monoisotopic (exact) mass is 349 g/mol. The molecule has 2 aromatic rings. The van der Waals surface area contributed by atoms with Gasteiger partial charge in [-0.3, -0.25) is 4.90 Å². The van der Waals surface area contributed by atoms with Gasteiger partial charge in [0.2, 0.25) is 0 Å². The van der Waals surface area contributed by atoms with Crippen LogP contribution in [0.5, 0.6) is 0 Å². The van der Waals surface area contributed by atoms with Crippen LogP contribution in [0.1, 0.15) is 67.3 Å². The van der Waals surface area contributed by atoms with Crippen molar-refractivity contribution in [2.24, 2.45) is 0 Å². The van der Waals surface area contributed by atoms with E-state index in [2.05, 4.69) is 61.2 Å². The van der Waals surface area contributed by atoms with Crippen LogP contribution in [-0.4, -0.2) is 18.0 Å². The Labute approximate surface area is 160 Å². The summed E-state index contributed by atoms with van der Waals surface area (Å²) in [6, 6.07) is 16.4. The van der Waals surface area contributed by atoms with E-state index in [0.717, 1.165) is 19.4 Å². The molecule has 3 rings (SSSR count). The van der Waals surface area contributed by atoms with Gasteiger partial charge in [0.1, 0.15) is 0 Å². The molecular weight excluding hydrogens is 314 g/mol. The molecule has 0 unspecified atom stereocenters. The summed E-state index contributed by atoms with van der Waals surface area (Å²) in [5.74, 6) is 0. The first-order valence-corrected chi connectivity index (χ1v) is 10.7. The Morgan fingerprint density at radius 3 is 2.15 bits per heavy atom. The van der Waals surface area contributed by atoms with Crippen molar-refractivity contribution in [3.63, 3.8) is 0 Å². The van der Waals surface area contributed by atoms with E-state index < -0.39 is 0 Å². The third-order valence-corrected chi connectivity index (χ3v) is 5.81. The standard InChI is InChI=1S/C25H35N/c1-3-24-15-14-22(19-25(24)4-2)12-8-10-21-11-9-13-23(18-21)20-26-16-6-5-7-17-26/h9,11,13-15,18-19H,3-8,10,12,16-17,20H2,1-2H3.